The van der Waals surface area contributed by atoms with E-state index in [9.17, 15) is 14.9 Å². The van der Waals surface area contributed by atoms with Crippen molar-refractivity contribution in [2.75, 3.05) is 27.2 Å². The lowest BCUT2D eigenvalue weighted by molar-refractivity contribution is -0.385. The Balaban J connectivity index is 2.20. The van der Waals surface area contributed by atoms with Crippen molar-refractivity contribution in [2.24, 2.45) is 0 Å². The Labute approximate surface area is 132 Å². The van der Waals surface area contributed by atoms with Crippen molar-refractivity contribution in [1.29, 1.82) is 0 Å². The average Bonchev–Trinajstić information content (AvgIpc) is 2.46. The summed E-state index contributed by atoms with van der Waals surface area (Å²) in [5.74, 6) is -0.142. The van der Waals surface area contributed by atoms with Crippen LogP contribution in [0.1, 0.15) is 23.2 Å². The van der Waals surface area contributed by atoms with Gasteiger partial charge in [-0.05, 0) is 55.0 Å². The summed E-state index contributed by atoms with van der Waals surface area (Å²) in [4.78, 5) is 26.9. The van der Waals surface area contributed by atoms with E-state index in [1.807, 2.05) is 14.1 Å². The third-order valence-corrected chi connectivity index (χ3v) is 4.47. The van der Waals surface area contributed by atoms with Crippen LogP contribution in [-0.2, 0) is 0 Å². The third kappa shape index (κ3) is 3.59. The number of carbonyl (C=O) groups excluding carboxylic acids is 1. The minimum absolute atomic E-state index is 0.0815. The highest BCUT2D eigenvalue weighted by atomic mass is 79.9. The predicted octanol–water partition coefficient (Wildman–Crippen LogP) is 2.52. The molecule has 0 spiro atoms. The minimum Gasteiger partial charge on any atom is -0.337 e. The highest BCUT2D eigenvalue weighted by molar-refractivity contribution is 9.10. The summed E-state index contributed by atoms with van der Waals surface area (Å²) in [6.45, 7) is 1.36. The lowest BCUT2D eigenvalue weighted by Gasteiger charge is -2.36. The highest BCUT2D eigenvalue weighted by Gasteiger charge is 2.26. The van der Waals surface area contributed by atoms with E-state index in [4.69, 9.17) is 0 Å². The van der Waals surface area contributed by atoms with Gasteiger partial charge in [0.2, 0.25) is 0 Å². The summed E-state index contributed by atoms with van der Waals surface area (Å²) in [7, 11) is 4.01. The molecule has 0 radical (unpaired) electrons. The van der Waals surface area contributed by atoms with Crippen LogP contribution >= 0.6 is 15.9 Å². The van der Waals surface area contributed by atoms with Crippen LogP contribution in [0.2, 0.25) is 0 Å². The Morgan fingerprint density at radius 2 is 2.19 bits per heavy atom. The van der Waals surface area contributed by atoms with Crippen molar-refractivity contribution in [3.05, 3.63) is 38.3 Å². The number of piperidine rings is 1. The number of carbonyl (C=O) groups is 1. The van der Waals surface area contributed by atoms with Crippen LogP contribution in [0.4, 0.5) is 5.69 Å². The molecule has 0 bridgehead atoms. The Bertz CT molecular complexity index is 562. The molecule has 1 amide bonds. The minimum atomic E-state index is -0.486. The van der Waals surface area contributed by atoms with Crippen LogP contribution in [-0.4, -0.2) is 53.9 Å². The zero-order valence-electron chi connectivity index (χ0n) is 12.1. The lowest BCUT2D eigenvalue weighted by atomic mass is 10.0. The van der Waals surface area contributed by atoms with Gasteiger partial charge in [0.25, 0.3) is 11.6 Å². The Kier molecular flexibility index (Phi) is 4.95. The SMILES string of the molecule is CN(C)C1CCCN(C(=O)c2ccc(Br)c([N+](=O)[O-])c2)C1. The van der Waals surface area contributed by atoms with Crippen molar-refractivity contribution in [3.8, 4) is 0 Å². The fraction of sp³-hybridized carbons (Fsp3) is 0.500. The maximum absolute atomic E-state index is 12.5. The van der Waals surface area contributed by atoms with E-state index < -0.39 is 4.92 Å². The van der Waals surface area contributed by atoms with E-state index in [2.05, 4.69) is 20.8 Å². The number of nitro benzene ring substituents is 1. The molecule has 2 rings (SSSR count). The maximum Gasteiger partial charge on any atom is 0.284 e. The van der Waals surface area contributed by atoms with Gasteiger partial charge in [-0.3, -0.25) is 14.9 Å². The molecule has 114 valence electrons. The topological polar surface area (TPSA) is 66.7 Å². The molecule has 1 aromatic rings. The van der Waals surface area contributed by atoms with Gasteiger partial charge < -0.3 is 9.80 Å². The summed E-state index contributed by atoms with van der Waals surface area (Å²) in [5, 5.41) is 11.0. The van der Waals surface area contributed by atoms with E-state index in [1.165, 1.54) is 6.07 Å². The van der Waals surface area contributed by atoms with Crippen LogP contribution in [0.15, 0.2) is 22.7 Å². The molecule has 0 aliphatic carbocycles. The summed E-state index contributed by atoms with van der Waals surface area (Å²) < 4.78 is 0.383. The predicted molar refractivity (Wildman–Crippen MR) is 83.4 cm³/mol. The third-order valence-electron chi connectivity index (χ3n) is 3.80. The van der Waals surface area contributed by atoms with Crippen molar-refractivity contribution >= 4 is 27.5 Å². The first-order valence-electron chi connectivity index (χ1n) is 6.80. The van der Waals surface area contributed by atoms with Gasteiger partial charge in [-0.1, -0.05) is 0 Å². The van der Waals surface area contributed by atoms with Gasteiger partial charge in [-0.25, -0.2) is 0 Å². The molecule has 0 saturated carbocycles. The van der Waals surface area contributed by atoms with E-state index in [0.717, 1.165) is 12.8 Å². The molecule has 0 aromatic heterocycles. The second-order valence-electron chi connectivity index (χ2n) is 5.43. The van der Waals surface area contributed by atoms with Crippen molar-refractivity contribution < 1.29 is 9.72 Å². The quantitative estimate of drug-likeness (QED) is 0.617. The molecular weight excluding hydrogens is 338 g/mol. The van der Waals surface area contributed by atoms with Crippen LogP contribution in [0.5, 0.6) is 0 Å². The fourth-order valence-corrected chi connectivity index (χ4v) is 2.92. The second-order valence-corrected chi connectivity index (χ2v) is 6.29. The van der Waals surface area contributed by atoms with Gasteiger partial charge in [0.1, 0.15) is 0 Å². The maximum atomic E-state index is 12.5. The number of rotatable bonds is 3. The van der Waals surface area contributed by atoms with Crippen molar-refractivity contribution in [1.82, 2.24) is 9.80 Å². The molecule has 1 aliphatic rings. The first kappa shape index (κ1) is 15.9. The number of hydrogen-bond donors (Lipinski definition) is 0. The van der Waals surface area contributed by atoms with Gasteiger partial charge in [0.15, 0.2) is 0 Å². The molecule has 21 heavy (non-hydrogen) atoms. The molecule has 1 aliphatic heterocycles. The summed E-state index contributed by atoms with van der Waals surface area (Å²) in [6, 6.07) is 4.86. The first-order chi connectivity index (χ1) is 9.90. The average molecular weight is 356 g/mol. The van der Waals surface area contributed by atoms with Crippen LogP contribution in [0, 0.1) is 10.1 Å². The number of likely N-dealkylation sites (tertiary alicyclic amines) is 1. The van der Waals surface area contributed by atoms with Crippen molar-refractivity contribution in [3.63, 3.8) is 0 Å². The standard InChI is InChI=1S/C14H18BrN3O3/c1-16(2)11-4-3-7-17(9-11)14(19)10-5-6-12(15)13(8-10)18(20)21/h5-6,8,11H,3-4,7,9H2,1-2H3. The van der Waals surface area contributed by atoms with E-state index in [0.29, 0.717) is 29.2 Å². The van der Waals surface area contributed by atoms with E-state index in [-0.39, 0.29) is 11.6 Å². The zero-order chi connectivity index (χ0) is 15.6. The number of amides is 1. The monoisotopic (exact) mass is 355 g/mol. The van der Waals surface area contributed by atoms with Crippen LogP contribution in [0.25, 0.3) is 0 Å². The molecule has 1 heterocycles. The molecule has 0 N–H and O–H groups in total. The molecule has 1 saturated heterocycles. The Hall–Kier alpha value is -1.47. The molecule has 1 atom stereocenters. The lowest BCUT2D eigenvalue weighted by Crippen LogP contribution is -2.47. The first-order valence-corrected chi connectivity index (χ1v) is 7.59. The summed E-state index contributed by atoms with van der Waals surface area (Å²) in [5.41, 5.74) is 0.284. The van der Waals surface area contributed by atoms with E-state index in [1.54, 1.807) is 17.0 Å². The number of benzene rings is 1. The van der Waals surface area contributed by atoms with Gasteiger partial charge >= 0.3 is 0 Å². The number of likely N-dealkylation sites (N-methyl/N-ethyl adjacent to an activating group) is 1. The smallest absolute Gasteiger partial charge is 0.284 e. The number of nitro groups is 1. The normalized spacial score (nSPS) is 18.9. The number of nitrogens with zero attached hydrogens (tertiary/aromatic N) is 3. The van der Waals surface area contributed by atoms with Gasteiger partial charge in [-0.15, -0.1) is 0 Å². The van der Waals surface area contributed by atoms with Gasteiger partial charge in [0.05, 0.1) is 9.40 Å². The Morgan fingerprint density at radius 1 is 1.48 bits per heavy atom. The van der Waals surface area contributed by atoms with E-state index >= 15 is 0 Å². The molecule has 1 aromatic carbocycles. The van der Waals surface area contributed by atoms with Crippen LogP contribution < -0.4 is 0 Å². The molecule has 1 fully saturated rings. The molecule has 7 heteroatoms. The number of halogens is 1. The zero-order valence-corrected chi connectivity index (χ0v) is 13.7. The van der Waals surface area contributed by atoms with Crippen LogP contribution in [0.3, 0.4) is 0 Å². The van der Waals surface area contributed by atoms with Gasteiger partial charge in [-0.2, -0.15) is 0 Å². The summed E-state index contributed by atoms with van der Waals surface area (Å²) >= 11 is 3.13. The Morgan fingerprint density at radius 3 is 2.81 bits per heavy atom. The fourth-order valence-electron chi connectivity index (χ4n) is 2.53. The van der Waals surface area contributed by atoms with Gasteiger partial charge in [0, 0.05) is 30.8 Å². The second kappa shape index (κ2) is 6.53. The largest absolute Gasteiger partial charge is 0.337 e. The van der Waals surface area contributed by atoms with Crippen molar-refractivity contribution in [2.45, 2.75) is 18.9 Å². The number of hydrogen-bond acceptors (Lipinski definition) is 4. The molecule has 1 unspecified atom stereocenters. The highest BCUT2D eigenvalue weighted by Crippen LogP contribution is 2.26. The summed E-state index contributed by atoms with van der Waals surface area (Å²) in [6.07, 6.45) is 2.02. The molecular formula is C14H18BrN3O3. The molecule has 6 nitrogen and oxygen atoms in total.